The number of ether oxygens (including phenoxy) is 1. The first-order valence-corrected chi connectivity index (χ1v) is 6.88. The Morgan fingerprint density at radius 1 is 1.32 bits per heavy atom. The van der Waals surface area contributed by atoms with E-state index < -0.39 is 0 Å². The molecule has 108 valence electrons. The number of halogens is 1. The van der Waals surface area contributed by atoms with Gasteiger partial charge in [0.2, 0.25) is 0 Å². The Hall–Kier alpha value is -0.930. The molecule has 0 fully saturated rings. The fourth-order valence-corrected chi connectivity index (χ4v) is 2.42. The van der Waals surface area contributed by atoms with Crippen LogP contribution in [0, 0.1) is 18.2 Å². The smallest absolute Gasteiger partial charge is 0.123 e. The van der Waals surface area contributed by atoms with E-state index >= 15 is 0 Å². The quantitative estimate of drug-likeness (QED) is 0.886. The number of rotatable bonds is 5. The number of benzene rings is 1. The molecule has 0 aliphatic carbocycles. The number of hydrogen-bond acceptors (Lipinski definition) is 2. The minimum absolute atomic E-state index is 0.0311. The molecule has 19 heavy (non-hydrogen) atoms. The summed E-state index contributed by atoms with van der Waals surface area (Å²) in [6.45, 7) is 10.9. The Balaban J connectivity index is 2.87. The van der Waals surface area contributed by atoms with E-state index in [1.807, 2.05) is 13.8 Å². The van der Waals surface area contributed by atoms with Gasteiger partial charge in [-0.05, 0) is 48.9 Å². The Labute approximate surface area is 116 Å². The van der Waals surface area contributed by atoms with E-state index in [1.54, 1.807) is 12.1 Å². The summed E-state index contributed by atoms with van der Waals surface area (Å²) in [4.78, 5) is 0. The van der Waals surface area contributed by atoms with E-state index in [0.29, 0.717) is 13.0 Å². The molecule has 0 aromatic heterocycles. The molecule has 0 radical (unpaired) electrons. The number of hydrogen-bond donors (Lipinski definition) is 1. The highest BCUT2D eigenvalue weighted by atomic mass is 19.1. The first-order valence-electron chi connectivity index (χ1n) is 6.88. The second kappa shape index (κ2) is 6.49. The topological polar surface area (TPSA) is 35.2 Å². The van der Waals surface area contributed by atoms with Gasteiger partial charge in [-0.3, -0.25) is 0 Å². The van der Waals surface area contributed by atoms with Gasteiger partial charge in [0.1, 0.15) is 5.82 Å². The molecule has 1 aromatic carbocycles. The summed E-state index contributed by atoms with van der Waals surface area (Å²) >= 11 is 0. The summed E-state index contributed by atoms with van der Waals surface area (Å²) in [5.74, 6) is -0.212. The fourth-order valence-electron chi connectivity index (χ4n) is 2.42. The molecule has 0 bridgehead atoms. The van der Waals surface area contributed by atoms with Crippen LogP contribution >= 0.6 is 0 Å². The molecule has 0 amide bonds. The standard InChI is InChI=1S/C16H26FNO/c1-6-19-15(16(3,4)5)14(18)10-12-9-13(17)8-7-11(12)2/h7-9,14-15H,6,10,18H2,1-5H3. The van der Waals surface area contributed by atoms with Crippen molar-refractivity contribution in [2.75, 3.05) is 6.61 Å². The predicted molar refractivity (Wildman–Crippen MR) is 77.7 cm³/mol. The van der Waals surface area contributed by atoms with Crippen LogP contribution in [0.2, 0.25) is 0 Å². The lowest BCUT2D eigenvalue weighted by Gasteiger charge is -2.35. The van der Waals surface area contributed by atoms with E-state index in [0.717, 1.165) is 11.1 Å². The van der Waals surface area contributed by atoms with Crippen LogP contribution in [0.4, 0.5) is 4.39 Å². The Kier molecular flexibility index (Phi) is 5.50. The summed E-state index contributed by atoms with van der Waals surface area (Å²) in [5.41, 5.74) is 8.29. The van der Waals surface area contributed by atoms with E-state index in [1.165, 1.54) is 6.07 Å². The van der Waals surface area contributed by atoms with Gasteiger partial charge in [0.25, 0.3) is 0 Å². The lowest BCUT2D eigenvalue weighted by atomic mass is 9.82. The molecular formula is C16H26FNO. The Bertz CT molecular complexity index is 412. The second-order valence-electron chi connectivity index (χ2n) is 6.18. The van der Waals surface area contributed by atoms with Gasteiger partial charge in [-0.15, -0.1) is 0 Å². The summed E-state index contributed by atoms with van der Waals surface area (Å²) < 4.78 is 19.1. The van der Waals surface area contributed by atoms with Crippen LogP contribution in [-0.4, -0.2) is 18.8 Å². The van der Waals surface area contributed by atoms with Gasteiger partial charge in [0.05, 0.1) is 6.10 Å². The lowest BCUT2D eigenvalue weighted by molar-refractivity contribution is -0.0274. The maximum Gasteiger partial charge on any atom is 0.123 e. The van der Waals surface area contributed by atoms with Gasteiger partial charge < -0.3 is 10.5 Å². The molecule has 0 heterocycles. The van der Waals surface area contributed by atoms with Crippen molar-refractivity contribution < 1.29 is 9.13 Å². The van der Waals surface area contributed by atoms with Crippen molar-refractivity contribution in [1.82, 2.24) is 0 Å². The average Bonchev–Trinajstić information content (AvgIpc) is 2.29. The van der Waals surface area contributed by atoms with E-state index in [9.17, 15) is 4.39 Å². The van der Waals surface area contributed by atoms with Gasteiger partial charge in [0.15, 0.2) is 0 Å². The Morgan fingerprint density at radius 2 is 1.95 bits per heavy atom. The molecule has 1 aromatic rings. The third-order valence-electron chi connectivity index (χ3n) is 3.36. The summed E-state index contributed by atoms with van der Waals surface area (Å²) in [6.07, 6.45) is 0.589. The van der Waals surface area contributed by atoms with Crippen LogP contribution in [0.1, 0.15) is 38.8 Å². The molecule has 0 spiro atoms. The number of nitrogens with two attached hydrogens (primary N) is 1. The number of aryl methyl sites for hydroxylation is 1. The largest absolute Gasteiger partial charge is 0.376 e. The predicted octanol–water partition coefficient (Wildman–Crippen LogP) is 3.46. The van der Waals surface area contributed by atoms with Crippen LogP contribution in [-0.2, 0) is 11.2 Å². The zero-order valence-electron chi connectivity index (χ0n) is 12.7. The molecule has 3 heteroatoms. The van der Waals surface area contributed by atoms with E-state index in [4.69, 9.17) is 10.5 Å². The van der Waals surface area contributed by atoms with Crippen molar-refractivity contribution in [1.29, 1.82) is 0 Å². The van der Waals surface area contributed by atoms with E-state index in [-0.39, 0.29) is 23.4 Å². The van der Waals surface area contributed by atoms with Crippen molar-refractivity contribution in [3.8, 4) is 0 Å². The van der Waals surface area contributed by atoms with Crippen molar-refractivity contribution >= 4 is 0 Å². The first kappa shape index (κ1) is 16.1. The van der Waals surface area contributed by atoms with Gasteiger partial charge in [-0.2, -0.15) is 0 Å². The van der Waals surface area contributed by atoms with Crippen molar-refractivity contribution in [3.05, 3.63) is 35.1 Å². The van der Waals surface area contributed by atoms with Crippen LogP contribution in [0.5, 0.6) is 0 Å². The molecule has 0 saturated heterocycles. The highest BCUT2D eigenvalue weighted by Gasteiger charge is 2.31. The molecular weight excluding hydrogens is 241 g/mol. The summed E-state index contributed by atoms with van der Waals surface area (Å²) in [6, 6.07) is 4.71. The average molecular weight is 267 g/mol. The molecule has 2 nitrogen and oxygen atoms in total. The van der Waals surface area contributed by atoms with Crippen LogP contribution in [0.15, 0.2) is 18.2 Å². The molecule has 0 saturated carbocycles. The molecule has 2 atom stereocenters. The molecule has 0 aliphatic rings. The zero-order valence-corrected chi connectivity index (χ0v) is 12.7. The third kappa shape index (κ3) is 4.59. The van der Waals surface area contributed by atoms with Gasteiger partial charge >= 0.3 is 0 Å². The SMILES string of the molecule is CCOC(C(N)Cc1cc(F)ccc1C)C(C)(C)C. The minimum atomic E-state index is -0.212. The summed E-state index contributed by atoms with van der Waals surface area (Å²) in [5, 5.41) is 0. The maximum atomic E-state index is 13.3. The highest BCUT2D eigenvalue weighted by molar-refractivity contribution is 5.27. The van der Waals surface area contributed by atoms with Crippen molar-refractivity contribution in [2.24, 2.45) is 11.1 Å². The molecule has 2 N–H and O–H groups in total. The van der Waals surface area contributed by atoms with Crippen LogP contribution in [0.3, 0.4) is 0 Å². The molecule has 1 rings (SSSR count). The third-order valence-corrected chi connectivity index (χ3v) is 3.36. The molecule has 2 unspecified atom stereocenters. The summed E-state index contributed by atoms with van der Waals surface area (Å²) in [7, 11) is 0. The van der Waals surface area contributed by atoms with Gasteiger partial charge in [-0.25, -0.2) is 4.39 Å². The second-order valence-corrected chi connectivity index (χ2v) is 6.18. The first-order chi connectivity index (χ1) is 8.75. The van der Waals surface area contributed by atoms with Crippen molar-refractivity contribution in [3.63, 3.8) is 0 Å². The maximum absolute atomic E-state index is 13.3. The van der Waals surface area contributed by atoms with Crippen LogP contribution < -0.4 is 5.73 Å². The van der Waals surface area contributed by atoms with Gasteiger partial charge in [0, 0.05) is 12.6 Å². The van der Waals surface area contributed by atoms with Crippen molar-refractivity contribution in [2.45, 2.75) is 53.2 Å². The highest BCUT2D eigenvalue weighted by Crippen LogP contribution is 2.26. The lowest BCUT2D eigenvalue weighted by Crippen LogP contribution is -2.46. The van der Waals surface area contributed by atoms with E-state index in [2.05, 4.69) is 20.8 Å². The minimum Gasteiger partial charge on any atom is -0.376 e. The zero-order chi connectivity index (χ0) is 14.6. The normalized spacial score (nSPS) is 15.3. The fraction of sp³-hybridized carbons (Fsp3) is 0.625. The molecule has 0 aliphatic heterocycles. The Morgan fingerprint density at radius 3 is 2.47 bits per heavy atom. The van der Waals surface area contributed by atoms with Crippen LogP contribution in [0.25, 0.3) is 0 Å². The van der Waals surface area contributed by atoms with Gasteiger partial charge in [-0.1, -0.05) is 26.8 Å². The monoisotopic (exact) mass is 267 g/mol.